The zero-order chi connectivity index (χ0) is 13.2. The van der Waals surface area contributed by atoms with Crippen molar-refractivity contribution in [2.45, 2.75) is 13.0 Å². The third-order valence-electron chi connectivity index (χ3n) is 2.97. The molecule has 1 aromatic carbocycles. The minimum Gasteiger partial charge on any atom is -0.486 e. The Kier molecular flexibility index (Phi) is 3.25. The van der Waals surface area contributed by atoms with Gasteiger partial charge in [-0.3, -0.25) is 0 Å². The van der Waals surface area contributed by atoms with E-state index < -0.39 is 0 Å². The van der Waals surface area contributed by atoms with Crippen molar-refractivity contribution in [3.8, 4) is 11.5 Å². The number of furan rings is 1. The van der Waals surface area contributed by atoms with Crippen LogP contribution in [0.4, 0.5) is 5.69 Å². The van der Waals surface area contributed by atoms with Gasteiger partial charge >= 0.3 is 0 Å². The second-order valence-corrected chi connectivity index (χ2v) is 4.76. The molecular formula is C14H14ClNO3. The average molecular weight is 280 g/mol. The Morgan fingerprint density at radius 3 is 2.63 bits per heavy atom. The Labute approximate surface area is 116 Å². The van der Waals surface area contributed by atoms with Gasteiger partial charge in [0.05, 0.1) is 23.0 Å². The number of halogens is 1. The molecule has 3 rings (SSSR count). The van der Waals surface area contributed by atoms with Gasteiger partial charge in [-0.05, 0) is 19.1 Å². The number of rotatable bonds is 3. The van der Waals surface area contributed by atoms with E-state index in [-0.39, 0.29) is 6.04 Å². The summed E-state index contributed by atoms with van der Waals surface area (Å²) < 4.78 is 16.4. The van der Waals surface area contributed by atoms with Crippen LogP contribution in [0.3, 0.4) is 0 Å². The van der Waals surface area contributed by atoms with Gasteiger partial charge in [-0.2, -0.15) is 0 Å². The molecule has 0 radical (unpaired) electrons. The van der Waals surface area contributed by atoms with Crippen LogP contribution >= 0.6 is 11.6 Å². The third-order valence-corrected chi connectivity index (χ3v) is 3.29. The van der Waals surface area contributed by atoms with E-state index in [1.165, 1.54) is 0 Å². The monoisotopic (exact) mass is 279 g/mol. The van der Waals surface area contributed by atoms with E-state index in [0.29, 0.717) is 29.7 Å². The van der Waals surface area contributed by atoms with Gasteiger partial charge in [0, 0.05) is 12.1 Å². The Morgan fingerprint density at radius 1 is 1.21 bits per heavy atom. The number of anilines is 1. The van der Waals surface area contributed by atoms with Crippen LogP contribution in [0.25, 0.3) is 0 Å². The number of hydrogen-bond acceptors (Lipinski definition) is 4. The molecule has 0 fully saturated rings. The standard InChI is InChI=1S/C14H14ClNO3/c1-9(12-3-2-4-17-12)16-11-8-14-13(7-10(11)15)18-5-6-19-14/h2-4,7-9,16H,5-6H2,1H3. The molecule has 1 aliphatic heterocycles. The highest BCUT2D eigenvalue weighted by Crippen LogP contribution is 2.39. The van der Waals surface area contributed by atoms with E-state index in [9.17, 15) is 0 Å². The summed E-state index contributed by atoms with van der Waals surface area (Å²) in [7, 11) is 0. The molecule has 19 heavy (non-hydrogen) atoms. The van der Waals surface area contributed by atoms with Crippen LogP contribution in [0.1, 0.15) is 18.7 Å². The molecule has 1 atom stereocenters. The molecule has 2 heterocycles. The van der Waals surface area contributed by atoms with E-state index in [1.54, 1.807) is 12.3 Å². The topological polar surface area (TPSA) is 43.6 Å². The Morgan fingerprint density at radius 2 is 1.95 bits per heavy atom. The molecule has 0 saturated carbocycles. The molecule has 0 bridgehead atoms. The van der Waals surface area contributed by atoms with Crippen LogP contribution < -0.4 is 14.8 Å². The largest absolute Gasteiger partial charge is 0.486 e. The summed E-state index contributed by atoms with van der Waals surface area (Å²) >= 11 is 6.24. The van der Waals surface area contributed by atoms with Gasteiger partial charge in [0.15, 0.2) is 11.5 Å². The third kappa shape index (κ3) is 2.49. The summed E-state index contributed by atoms with van der Waals surface area (Å²) in [4.78, 5) is 0. The van der Waals surface area contributed by atoms with Crippen LogP contribution in [0, 0.1) is 0 Å². The summed E-state index contributed by atoms with van der Waals surface area (Å²) in [6.45, 7) is 3.12. The van der Waals surface area contributed by atoms with Crippen LogP contribution in [0.15, 0.2) is 34.9 Å². The van der Waals surface area contributed by atoms with Crippen molar-refractivity contribution in [3.63, 3.8) is 0 Å². The Bertz CT molecular complexity index is 568. The van der Waals surface area contributed by atoms with Gasteiger partial charge in [0.2, 0.25) is 0 Å². The fourth-order valence-electron chi connectivity index (χ4n) is 2.02. The van der Waals surface area contributed by atoms with E-state index in [0.717, 1.165) is 11.4 Å². The molecule has 5 heteroatoms. The van der Waals surface area contributed by atoms with E-state index in [1.807, 2.05) is 25.1 Å². The SMILES string of the molecule is CC(Nc1cc2c(cc1Cl)OCCO2)c1ccco1. The fourth-order valence-corrected chi connectivity index (χ4v) is 2.22. The van der Waals surface area contributed by atoms with Crippen LogP contribution in [-0.2, 0) is 0 Å². The normalized spacial score (nSPS) is 15.1. The molecule has 1 N–H and O–H groups in total. The molecule has 0 amide bonds. The first-order valence-electron chi connectivity index (χ1n) is 6.13. The van der Waals surface area contributed by atoms with Crippen LogP contribution in [0.5, 0.6) is 11.5 Å². The van der Waals surface area contributed by atoms with Gasteiger partial charge in [0.25, 0.3) is 0 Å². The number of benzene rings is 1. The smallest absolute Gasteiger partial charge is 0.163 e. The first kappa shape index (κ1) is 12.2. The van der Waals surface area contributed by atoms with Crippen molar-refractivity contribution >= 4 is 17.3 Å². The Balaban J connectivity index is 1.84. The van der Waals surface area contributed by atoms with Gasteiger partial charge in [-0.25, -0.2) is 0 Å². The van der Waals surface area contributed by atoms with Gasteiger partial charge in [0.1, 0.15) is 19.0 Å². The molecular weight excluding hydrogens is 266 g/mol. The summed E-state index contributed by atoms with van der Waals surface area (Å²) in [5.74, 6) is 2.25. The number of hydrogen-bond donors (Lipinski definition) is 1. The second kappa shape index (κ2) is 5.05. The maximum absolute atomic E-state index is 6.24. The quantitative estimate of drug-likeness (QED) is 0.926. The van der Waals surface area contributed by atoms with E-state index >= 15 is 0 Å². The van der Waals surface area contributed by atoms with E-state index in [4.69, 9.17) is 25.5 Å². The van der Waals surface area contributed by atoms with Crippen molar-refractivity contribution in [3.05, 3.63) is 41.3 Å². The van der Waals surface area contributed by atoms with Crippen molar-refractivity contribution in [1.82, 2.24) is 0 Å². The van der Waals surface area contributed by atoms with Gasteiger partial charge in [-0.15, -0.1) is 0 Å². The molecule has 1 aromatic heterocycles. The number of nitrogens with one attached hydrogen (secondary N) is 1. The minimum atomic E-state index is 0.0232. The van der Waals surface area contributed by atoms with E-state index in [2.05, 4.69) is 5.32 Å². The average Bonchev–Trinajstić information content (AvgIpc) is 2.93. The predicted octanol–water partition coefficient (Wildman–Crippen LogP) is 3.88. The maximum atomic E-state index is 6.24. The lowest BCUT2D eigenvalue weighted by molar-refractivity contribution is 0.171. The fraction of sp³-hybridized carbons (Fsp3) is 0.286. The zero-order valence-electron chi connectivity index (χ0n) is 10.5. The predicted molar refractivity (Wildman–Crippen MR) is 73.2 cm³/mol. The van der Waals surface area contributed by atoms with Crippen molar-refractivity contribution in [1.29, 1.82) is 0 Å². The molecule has 0 spiro atoms. The van der Waals surface area contributed by atoms with Crippen LogP contribution in [-0.4, -0.2) is 13.2 Å². The number of ether oxygens (including phenoxy) is 2. The van der Waals surface area contributed by atoms with Gasteiger partial charge in [-0.1, -0.05) is 11.6 Å². The molecule has 2 aromatic rings. The highest BCUT2D eigenvalue weighted by Gasteiger charge is 2.17. The lowest BCUT2D eigenvalue weighted by atomic mass is 10.2. The van der Waals surface area contributed by atoms with Crippen molar-refractivity contribution < 1.29 is 13.9 Å². The highest BCUT2D eigenvalue weighted by molar-refractivity contribution is 6.33. The molecule has 1 unspecified atom stereocenters. The van der Waals surface area contributed by atoms with Crippen molar-refractivity contribution in [2.24, 2.45) is 0 Å². The lowest BCUT2D eigenvalue weighted by Crippen LogP contribution is -2.16. The minimum absolute atomic E-state index is 0.0232. The first-order chi connectivity index (χ1) is 9.24. The summed E-state index contributed by atoms with van der Waals surface area (Å²) in [5, 5.41) is 3.90. The summed E-state index contributed by atoms with van der Waals surface area (Å²) in [6.07, 6.45) is 1.65. The number of fused-ring (bicyclic) bond motifs is 1. The molecule has 0 saturated heterocycles. The Hall–Kier alpha value is -1.81. The maximum Gasteiger partial charge on any atom is 0.163 e. The first-order valence-corrected chi connectivity index (χ1v) is 6.51. The molecule has 0 aliphatic carbocycles. The lowest BCUT2D eigenvalue weighted by Gasteiger charge is -2.21. The molecule has 4 nitrogen and oxygen atoms in total. The highest BCUT2D eigenvalue weighted by atomic mass is 35.5. The second-order valence-electron chi connectivity index (χ2n) is 4.36. The molecule has 100 valence electrons. The van der Waals surface area contributed by atoms with Gasteiger partial charge < -0.3 is 19.2 Å². The molecule has 1 aliphatic rings. The van der Waals surface area contributed by atoms with Crippen molar-refractivity contribution in [2.75, 3.05) is 18.5 Å². The summed E-state index contributed by atoms with van der Waals surface area (Å²) in [6, 6.07) is 7.43. The van der Waals surface area contributed by atoms with Crippen LogP contribution in [0.2, 0.25) is 5.02 Å². The zero-order valence-corrected chi connectivity index (χ0v) is 11.2. The summed E-state index contributed by atoms with van der Waals surface area (Å²) in [5.41, 5.74) is 0.801.